The summed E-state index contributed by atoms with van der Waals surface area (Å²) >= 11 is 5.68. The van der Waals surface area contributed by atoms with E-state index in [1.54, 1.807) is 6.07 Å². The van der Waals surface area contributed by atoms with E-state index in [2.05, 4.69) is 15.3 Å². The van der Waals surface area contributed by atoms with Crippen LogP contribution in [0.15, 0.2) is 12.4 Å². The lowest BCUT2D eigenvalue weighted by Crippen LogP contribution is -2.08. The monoisotopic (exact) mass is 231 g/mol. The third-order valence-electron chi connectivity index (χ3n) is 1.64. The molecule has 1 rings (SSSR count). The number of hydrogen-bond acceptors (Lipinski definition) is 5. The number of ether oxygens (including phenoxy) is 1. The van der Waals surface area contributed by atoms with Crippen LogP contribution in [0.3, 0.4) is 0 Å². The topological polar surface area (TPSA) is 67.3 Å². The minimum atomic E-state index is 0.0644. The summed E-state index contributed by atoms with van der Waals surface area (Å²) in [6, 6.07) is 1.66. The largest absolute Gasteiger partial charge is 0.394 e. The van der Waals surface area contributed by atoms with E-state index in [4.69, 9.17) is 21.4 Å². The van der Waals surface area contributed by atoms with Crippen LogP contribution in [-0.2, 0) is 4.74 Å². The van der Waals surface area contributed by atoms with Crippen LogP contribution in [-0.4, -0.2) is 41.4 Å². The third kappa shape index (κ3) is 5.51. The van der Waals surface area contributed by atoms with Crippen LogP contribution >= 0.6 is 11.6 Å². The number of halogens is 1. The van der Waals surface area contributed by atoms with Crippen LogP contribution in [0, 0.1) is 0 Å². The Bertz CT molecular complexity index is 286. The van der Waals surface area contributed by atoms with Crippen molar-refractivity contribution in [1.82, 2.24) is 9.97 Å². The first kappa shape index (κ1) is 12.2. The predicted octanol–water partition coefficient (Wildman–Crippen LogP) is 0.941. The highest BCUT2D eigenvalue weighted by molar-refractivity contribution is 6.29. The van der Waals surface area contributed by atoms with Gasteiger partial charge in [0.2, 0.25) is 0 Å². The summed E-state index contributed by atoms with van der Waals surface area (Å²) in [5.41, 5.74) is 0. The maximum absolute atomic E-state index is 8.46. The van der Waals surface area contributed by atoms with Crippen molar-refractivity contribution >= 4 is 17.4 Å². The van der Waals surface area contributed by atoms with Crippen molar-refractivity contribution in [3.63, 3.8) is 0 Å². The van der Waals surface area contributed by atoms with Gasteiger partial charge in [0.1, 0.15) is 17.3 Å². The Kier molecular flexibility index (Phi) is 5.99. The van der Waals surface area contributed by atoms with E-state index >= 15 is 0 Å². The standard InChI is InChI=1S/C9H14ClN3O2/c10-8-6-9(13-7-12-8)11-2-1-4-15-5-3-14/h6-7,14H,1-5H2,(H,11,12,13). The van der Waals surface area contributed by atoms with Crippen molar-refractivity contribution in [2.75, 3.05) is 31.7 Å². The highest BCUT2D eigenvalue weighted by atomic mass is 35.5. The molecule has 0 atom stereocenters. The summed E-state index contributed by atoms with van der Waals surface area (Å²) in [5.74, 6) is 0.706. The van der Waals surface area contributed by atoms with Crippen LogP contribution < -0.4 is 5.32 Å². The van der Waals surface area contributed by atoms with Gasteiger partial charge in [-0.25, -0.2) is 9.97 Å². The van der Waals surface area contributed by atoms with Crippen molar-refractivity contribution in [3.8, 4) is 0 Å². The lowest BCUT2D eigenvalue weighted by molar-refractivity contribution is 0.0922. The van der Waals surface area contributed by atoms with Crippen molar-refractivity contribution in [3.05, 3.63) is 17.5 Å². The van der Waals surface area contributed by atoms with Crippen molar-refractivity contribution in [1.29, 1.82) is 0 Å². The van der Waals surface area contributed by atoms with Gasteiger partial charge >= 0.3 is 0 Å². The maximum Gasteiger partial charge on any atom is 0.134 e. The van der Waals surface area contributed by atoms with Gasteiger partial charge in [-0.05, 0) is 6.42 Å². The van der Waals surface area contributed by atoms with Gasteiger partial charge in [0.25, 0.3) is 0 Å². The average Bonchev–Trinajstić information content (AvgIpc) is 2.23. The maximum atomic E-state index is 8.46. The zero-order valence-electron chi connectivity index (χ0n) is 8.32. The molecule has 0 aromatic carbocycles. The lowest BCUT2D eigenvalue weighted by Gasteiger charge is -2.05. The molecule has 15 heavy (non-hydrogen) atoms. The summed E-state index contributed by atoms with van der Waals surface area (Å²) in [7, 11) is 0. The molecular weight excluding hydrogens is 218 g/mol. The molecule has 0 fully saturated rings. The van der Waals surface area contributed by atoms with Gasteiger partial charge in [-0.15, -0.1) is 0 Å². The Morgan fingerprint density at radius 2 is 2.27 bits per heavy atom. The van der Waals surface area contributed by atoms with Crippen molar-refractivity contribution in [2.45, 2.75) is 6.42 Å². The van der Waals surface area contributed by atoms with E-state index in [9.17, 15) is 0 Å². The molecule has 1 aromatic rings. The van der Waals surface area contributed by atoms with E-state index < -0.39 is 0 Å². The van der Waals surface area contributed by atoms with Gasteiger partial charge in [0.15, 0.2) is 0 Å². The molecule has 0 radical (unpaired) electrons. The van der Waals surface area contributed by atoms with Gasteiger partial charge < -0.3 is 15.2 Å². The molecule has 5 nitrogen and oxygen atoms in total. The highest BCUT2D eigenvalue weighted by Gasteiger charge is 1.95. The van der Waals surface area contributed by atoms with Crippen LogP contribution in [0.5, 0.6) is 0 Å². The fraction of sp³-hybridized carbons (Fsp3) is 0.556. The normalized spacial score (nSPS) is 10.3. The molecule has 0 unspecified atom stereocenters. The molecule has 0 saturated carbocycles. The van der Waals surface area contributed by atoms with Gasteiger partial charge in [0, 0.05) is 19.2 Å². The predicted molar refractivity (Wildman–Crippen MR) is 58.1 cm³/mol. The number of aliphatic hydroxyl groups is 1. The molecule has 0 bridgehead atoms. The second-order valence-electron chi connectivity index (χ2n) is 2.84. The van der Waals surface area contributed by atoms with E-state index in [1.165, 1.54) is 6.33 Å². The van der Waals surface area contributed by atoms with E-state index in [0.29, 0.717) is 24.2 Å². The molecule has 0 saturated heterocycles. The van der Waals surface area contributed by atoms with Gasteiger partial charge in [-0.1, -0.05) is 11.6 Å². The molecule has 1 aromatic heterocycles. The molecule has 1 heterocycles. The minimum absolute atomic E-state index is 0.0644. The van der Waals surface area contributed by atoms with Crippen LogP contribution in [0.4, 0.5) is 5.82 Å². The molecule has 84 valence electrons. The molecule has 0 spiro atoms. The molecule has 0 aliphatic rings. The summed E-state index contributed by atoms with van der Waals surface area (Å²) in [5, 5.41) is 12.0. The van der Waals surface area contributed by atoms with Crippen LogP contribution in [0.1, 0.15) is 6.42 Å². The molecule has 0 aliphatic carbocycles. The zero-order chi connectivity index (χ0) is 10.9. The number of hydrogen-bond donors (Lipinski definition) is 2. The average molecular weight is 232 g/mol. The van der Waals surface area contributed by atoms with Gasteiger partial charge in [0.05, 0.1) is 13.2 Å². The first-order valence-electron chi connectivity index (χ1n) is 4.73. The first-order chi connectivity index (χ1) is 7.33. The fourth-order valence-electron chi connectivity index (χ4n) is 0.988. The minimum Gasteiger partial charge on any atom is -0.394 e. The number of anilines is 1. The summed E-state index contributed by atoms with van der Waals surface area (Å²) in [6.45, 7) is 1.82. The highest BCUT2D eigenvalue weighted by Crippen LogP contribution is 2.07. The summed E-state index contributed by atoms with van der Waals surface area (Å²) < 4.78 is 5.10. The summed E-state index contributed by atoms with van der Waals surface area (Å²) in [4.78, 5) is 7.76. The first-order valence-corrected chi connectivity index (χ1v) is 5.11. The number of aliphatic hydroxyl groups excluding tert-OH is 1. The number of nitrogens with one attached hydrogen (secondary N) is 1. The third-order valence-corrected chi connectivity index (χ3v) is 1.85. The van der Waals surface area contributed by atoms with Crippen LogP contribution in [0.2, 0.25) is 5.15 Å². The SMILES string of the molecule is OCCOCCCNc1cc(Cl)ncn1. The molecular formula is C9H14ClN3O2. The molecule has 2 N–H and O–H groups in total. The van der Waals surface area contributed by atoms with Crippen LogP contribution in [0.25, 0.3) is 0 Å². The molecule has 0 aliphatic heterocycles. The summed E-state index contributed by atoms with van der Waals surface area (Å²) in [6.07, 6.45) is 2.26. The zero-order valence-corrected chi connectivity index (χ0v) is 9.07. The smallest absolute Gasteiger partial charge is 0.134 e. The Labute approximate surface area is 93.5 Å². The molecule has 0 amide bonds. The number of aromatic nitrogens is 2. The second kappa shape index (κ2) is 7.39. The van der Waals surface area contributed by atoms with Crippen molar-refractivity contribution < 1.29 is 9.84 Å². The molecule has 6 heteroatoms. The Morgan fingerprint density at radius 1 is 1.40 bits per heavy atom. The lowest BCUT2D eigenvalue weighted by atomic mass is 10.4. The number of nitrogens with zero attached hydrogens (tertiary/aromatic N) is 2. The Balaban J connectivity index is 2.10. The van der Waals surface area contributed by atoms with Gasteiger partial charge in [-0.2, -0.15) is 0 Å². The van der Waals surface area contributed by atoms with E-state index in [1.807, 2.05) is 0 Å². The fourth-order valence-corrected chi connectivity index (χ4v) is 1.13. The quantitative estimate of drug-likeness (QED) is 0.540. The number of rotatable bonds is 7. The Hall–Kier alpha value is -0.910. The van der Waals surface area contributed by atoms with Crippen molar-refractivity contribution in [2.24, 2.45) is 0 Å². The van der Waals surface area contributed by atoms with Gasteiger partial charge in [-0.3, -0.25) is 0 Å². The van der Waals surface area contributed by atoms with E-state index in [-0.39, 0.29) is 6.61 Å². The van der Waals surface area contributed by atoms with E-state index in [0.717, 1.165) is 13.0 Å². The second-order valence-corrected chi connectivity index (χ2v) is 3.23. The Morgan fingerprint density at radius 3 is 3.00 bits per heavy atom.